The minimum Gasteiger partial charge on any atom is -0.355 e. The Labute approximate surface area is 197 Å². The lowest BCUT2D eigenvalue weighted by Gasteiger charge is -2.33. The maximum atomic E-state index is 13.8. The van der Waals surface area contributed by atoms with Crippen LogP contribution in [0, 0.1) is 11.6 Å². The van der Waals surface area contributed by atoms with Crippen LogP contribution in [0.25, 0.3) is 0 Å². The van der Waals surface area contributed by atoms with Crippen LogP contribution in [0.4, 0.5) is 14.5 Å². The lowest BCUT2D eigenvalue weighted by atomic mass is 10.1. The van der Waals surface area contributed by atoms with E-state index in [0.29, 0.717) is 27.5 Å². The highest BCUT2D eigenvalue weighted by Gasteiger charge is 2.32. The highest BCUT2D eigenvalue weighted by molar-refractivity contribution is 7.92. The third-order valence-corrected chi connectivity index (χ3v) is 6.42. The molecule has 0 radical (unpaired) electrons. The number of halogens is 3. The van der Waals surface area contributed by atoms with E-state index in [2.05, 4.69) is 5.32 Å². The molecule has 1 atom stereocenters. The van der Waals surface area contributed by atoms with Crippen molar-refractivity contribution < 1.29 is 26.8 Å². The molecule has 0 spiro atoms. The van der Waals surface area contributed by atoms with Crippen molar-refractivity contribution in [3.05, 3.63) is 64.7 Å². The number of hydrogen-bond donors (Lipinski definition) is 1. The minimum atomic E-state index is -4.05. The summed E-state index contributed by atoms with van der Waals surface area (Å²) in [7, 11) is -4.05. The molecule has 0 saturated carbocycles. The van der Waals surface area contributed by atoms with Gasteiger partial charge in [0.1, 0.15) is 12.6 Å². The zero-order chi connectivity index (χ0) is 24.8. The fourth-order valence-corrected chi connectivity index (χ4v) is 4.31. The Morgan fingerprint density at radius 3 is 2.30 bits per heavy atom. The van der Waals surface area contributed by atoms with Gasteiger partial charge in [-0.3, -0.25) is 13.9 Å². The predicted molar refractivity (Wildman–Crippen MR) is 123 cm³/mol. The monoisotopic (exact) mass is 501 g/mol. The molecule has 2 rings (SSSR count). The van der Waals surface area contributed by atoms with Crippen molar-refractivity contribution in [2.75, 3.05) is 23.7 Å². The van der Waals surface area contributed by atoms with Crippen LogP contribution < -0.4 is 9.62 Å². The Morgan fingerprint density at radius 2 is 1.76 bits per heavy atom. The van der Waals surface area contributed by atoms with Gasteiger partial charge in [-0.05, 0) is 37.1 Å². The number of carbonyl (C=O) groups is 2. The number of carbonyl (C=O) groups excluding carboxylic acids is 2. The van der Waals surface area contributed by atoms with Crippen LogP contribution >= 0.6 is 11.6 Å². The van der Waals surface area contributed by atoms with Crippen molar-refractivity contribution in [2.45, 2.75) is 32.9 Å². The summed E-state index contributed by atoms with van der Waals surface area (Å²) in [5.41, 5.74) is 0.350. The standard InChI is InChI=1S/C22H26ClF2N3O4S/c1-4-20(22(30)26-5-2)27(13-15-8-6-7-9-17(15)23)21(29)14-28(33(3,31)32)16-10-11-18(24)19(25)12-16/h6-12,20H,4-5,13-14H2,1-3H3,(H,26,30). The van der Waals surface area contributed by atoms with E-state index in [4.69, 9.17) is 11.6 Å². The number of hydrogen-bond acceptors (Lipinski definition) is 4. The number of rotatable bonds is 10. The number of anilines is 1. The second kappa shape index (κ2) is 11.4. The second-order valence-electron chi connectivity index (χ2n) is 7.30. The fraction of sp³-hybridized carbons (Fsp3) is 0.364. The Kier molecular flexibility index (Phi) is 9.18. The minimum absolute atomic E-state index is 0.0521. The normalized spacial score (nSPS) is 12.2. The van der Waals surface area contributed by atoms with Gasteiger partial charge in [-0.15, -0.1) is 0 Å². The molecule has 1 unspecified atom stereocenters. The Balaban J connectivity index is 2.47. The van der Waals surface area contributed by atoms with E-state index in [1.165, 1.54) is 4.90 Å². The zero-order valence-corrected chi connectivity index (χ0v) is 20.1. The molecule has 0 heterocycles. The van der Waals surface area contributed by atoms with Crippen LogP contribution in [0.5, 0.6) is 0 Å². The molecule has 0 aliphatic rings. The molecule has 0 fully saturated rings. The summed E-state index contributed by atoms with van der Waals surface area (Å²) in [5.74, 6) is -3.52. The average Bonchev–Trinajstić information content (AvgIpc) is 2.74. The van der Waals surface area contributed by atoms with Crippen LogP contribution in [0.3, 0.4) is 0 Å². The molecule has 0 saturated heterocycles. The molecule has 2 aromatic carbocycles. The number of likely N-dealkylation sites (N-methyl/N-ethyl adjacent to an activating group) is 1. The quantitative estimate of drug-likeness (QED) is 0.541. The topological polar surface area (TPSA) is 86.8 Å². The van der Waals surface area contributed by atoms with E-state index in [0.717, 1.165) is 18.4 Å². The first-order valence-corrected chi connectivity index (χ1v) is 12.5. The molecule has 0 aromatic heterocycles. The molecule has 7 nitrogen and oxygen atoms in total. The molecular formula is C22H26ClF2N3O4S. The fourth-order valence-electron chi connectivity index (χ4n) is 3.28. The van der Waals surface area contributed by atoms with Crippen LogP contribution in [0.1, 0.15) is 25.8 Å². The number of amides is 2. The molecule has 2 aromatic rings. The average molecular weight is 502 g/mol. The Morgan fingerprint density at radius 1 is 1.09 bits per heavy atom. The Bertz CT molecular complexity index is 1110. The highest BCUT2D eigenvalue weighted by Crippen LogP contribution is 2.23. The van der Waals surface area contributed by atoms with Crippen molar-refractivity contribution in [1.29, 1.82) is 0 Å². The van der Waals surface area contributed by atoms with Gasteiger partial charge in [-0.2, -0.15) is 0 Å². The molecule has 1 N–H and O–H groups in total. The van der Waals surface area contributed by atoms with Gasteiger partial charge in [-0.25, -0.2) is 17.2 Å². The Hall–Kier alpha value is -2.72. The van der Waals surface area contributed by atoms with Gasteiger partial charge in [0.15, 0.2) is 11.6 Å². The van der Waals surface area contributed by atoms with Crippen LogP contribution in [0.2, 0.25) is 5.02 Å². The molecule has 2 amide bonds. The largest absolute Gasteiger partial charge is 0.355 e. The maximum Gasteiger partial charge on any atom is 0.244 e. The molecule has 0 aliphatic carbocycles. The third-order valence-electron chi connectivity index (χ3n) is 4.91. The van der Waals surface area contributed by atoms with Crippen LogP contribution in [0.15, 0.2) is 42.5 Å². The number of benzene rings is 2. The molecule has 33 heavy (non-hydrogen) atoms. The predicted octanol–water partition coefficient (Wildman–Crippen LogP) is 3.33. The van der Waals surface area contributed by atoms with Crippen LogP contribution in [-0.4, -0.2) is 50.5 Å². The zero-order valence-electron chi connectivity index (χ0n) is 18.5. The van der Waals surface area contributed by atoms with E-state index in [1.807, 2.05) is 0 Å². The van der Waals surface area contributed by atoms with Gasteiger partial charge in [-0.1, -0.05) is 36.7 Å². The summed E-state index contributed by atoms with van der Waals surface area (Å²) in [4.78, 5) is 27.3. The lowest BCUT2D eigenvalue weighted by Crippen LogP contribution is -2.52. The smallest absolute Gasteiger partial charge is 0.244 e. The SMILES string of the molecule is CCNC(=O)C(CC)N(Cc1ccccc1Cl)C(=O)CN(c1ccc(F)c(F)c1)S(C)(=O)=O. The van der Waals surface area contributed by atoms with Crippen molar-refractivity contribution in [1.82, 2.24) is 10.2 Å². The van der Waals surface area contributed by atoms with Crippen molar-refractivity contribution in [3.63, 3.8) is 0 Å². The summed E-state index contributed by atoms with van der Waals surface area (Å²) < 4.78 is 52.6. The summed E-state index contributed by atoms with van der Waals surface area (Å²) in [6.45, 7) is 3.03. The van der Waals surface area contributed by atoms with Gasteiger partial charge in [0.2, 0.25) is 21.8 Å². The number of nitrogens with one attached hydrogen (secondary N) is 1. The second-order valence-corrected chi connectivity index (χ2v) is 9.61. The van der Waals surface area contributed by atoms with Gasteiger partial charge >= 0.3 is 0 Å². The molecule has 180 valence electrons. The number of sulfonamides is 1. The summed E-state index contributed by atoms with van der Waals surface area (Å²) in [6.07, 6.45) is 1.10. The van der Waals surface area contributed by atoms with Gasteiger partial charge in [0.25, 0.3) is 0 Å². The summed E-state index contributed by atoms with van der Waals surface area (Å²) in [6, 6.07) is 8.40. The number of nitrogens with zero attached hydrogens (tertiary/aromatic N) is 2. The molecule has 0 bridgehead atoms. The van der Waals surface area contributed by atoms with Crippen molar-refractivity contribution >= 4 is 39.1 Å². The summed E-state index contributed by atoms with van der Waals surface area (Å²) >= 11 is 6.25. The first kappa shape index (κ1) is 26.5. The van der Waals surface area contributed by atoms with Gasteiger partial charge in [0.05, 0.1) is 11.9 Å². The van der Waals surface area contributed by atoms with Crippen LogP contribution in [-0.2, 0) is 26.2 Å². The van der Waals surface area contributed by atoms with Gasteiger partial charge < -0.3 is 10.2 Å². The van der Waals surface area contributed by atoms with E-state index in [9.17, 15) is 26.8 Å². The highest BCUT2D eigenvalue weighted by atomic mass is 35.5. The third kappa shape index (κ3) is 6.88. The molecule has 11 heteroatoms. The van der Waals surface area contributed by atoms with Crippen molar-refractivity contribution in [2.24, 2.45) is 0 Å². The maximum absolute atomic E-state index is 13.8. The molecular weight excluding hydrogens is 476 g/mol. The summed E-state index contributed by atoms with van der Waals surface area (Å²) in [5, 5.41) is 3.05. The van der Waals surface area contributed by atoms with E-state index < -0.39 is 46.1 Å². The molecule has 0 aliphatic heterocycles. The van der Waals surface area contributed by atoms with E-state index >= 15 is 0 Å². The first-order chi connectivity index (χ1) is 15.5. The lowest BCUT2D eigenvalue weighted by molar-refractivity contribution is -0.140. The van der Waals surface area contributed by atoms with E-state index in [-0.39, 0.29) is 18.7 Å². The van der Waals surface area contributed by atoms with Crippen molar-refractivity contribution in [3.8, 4) is 0 Å². The first-order valence-electron chi connectivity index (χ1n) is 10.2. The van der Waals surface area contributed by atoms with E-state index in [1.54, 1.807) is 38.1 Å². The van der Waals surface area contributed by atoms with Gasteiger partial charge in [0, 0.05) is 24.2 Å².